The SMILES string of the molecule is CCc1nc2cc(NCc3ccc(C)c(Br)c3)ccc2o1. The maximum absolute atomic E-state index is 5.62. The molecule has 1 aromatic heterocycles. The molecule has 0 saturated heterocycles. The van der Waals surface area contributed by atoms with Gasteiger partial charge in [0.15, 0.2) is 11.5 Å². The van der Waals surface area contributed by atoms with E-state index in [4.69, 9.17) is 4.42 Å². The molecule has 0 aliphatic rings. The Morgan fingerprint density at radius 2 is 2.05 bits per heavy atom. The monoisotopic (exact) mass is 344 g/mol. The second-order valence-corrected chi connectivity index (χ2v) is 5.94. The standard InChI is InChI=1S/C17H17BrN2O/c1-3-17-20-15-9-13(6-7-16(15)21-17)19-10-12-5-4-11(2)14(18)8-12/h4-9,19H,3,10H2,1-2H3. The largest absolute Gasteiger partial charge is 0.441 e. The first-order valence-corrected chi connectivity index (χ1v) is 7.83. The molecule has 21 heavy (non-hydrogen) atoms. The molecule has 4 heteroatoms. The van der Waals surface area contributed by atoms with Gasteiger partial charge in [0.1, 0.15) is 5.52 Å². The minimum Gasteiger partial charge on any atom is -0.441 e. The first kappa shape index (κ1) is 14.1. The van der Waals surface area contributed by atoms with Gasteiger partial charge in [-0.15, -0.1) is 0 Å². The Bertz CT molecular complexity index is 780. The number of hydrogen-bond acceptors (Lipinski definition) is 3. The Kier molecular flexibility index (Phi) is 3.97. The lowest BCUT2D eigenvalue weighted by atomic mass is 10.1. The summed E-state index contributed by atoms with van der Waals surface area (Å²) in [4.78, 5) is 4.46. The topological polar surface area (TPSA) is 38.1 Å². The second kappa shape index (κ2) is 5.90. The zero-order valence-corrected chi connectivity index (χ0v) is 13.7. The fourth-order valence-electron chi connectivity index (χ4n) is 2.19. The Morgan fingerprint density at radius 1 is 1.19 bits per heavy atom. The van der Waals surface area contributed by atoms with E-state index in [1.807, 2.05) is 25.1 Å². The predicted molar refractivity (Wildman–Crippen MR) is 89.6 cm³/mol. The first-order chi connectivity index (χ1) is 10.2. The molecule has 0 amide bonds. The van der Waals surface area contributed by atoms with E-state index in [1.165, 1.54) is 11.1 Å². The van der Waals surface area contributed by atoms with E-state index in [1.54, 1.807) is 0 Å². The van der Waals surface area contributed by atoms with Crippen molar-refractivity contribution in [2.45, 2.75) is 26.8 Å². The molecular formula is C17H17BrN2O. The summed E-state index contributed by atoms with van der Waals surface area (Å²) in [7, 11) is 0. The van der Waals surface area contributed by atoms with E-state index in [0.29, 0.717) is 0 Å². The van der Waals surface area contributed by atoms with E-state index in [9.17, 15) is 0 Å². The molecule has 0 atom stereocenters. The van der Waals surface area contributed by atoms with Gasteiger partial charge >= 0.3 is 0 Å². The smallest absolute Gasteiger partial charge is 0.195 e. The van der Waals surface area contributed by atoms with E-state index in [-0.39, 0.29) is 0 Å². The van der Waals surface area contributed by atoms with Crippen LogP contribution in [0.25, 0.3) is 11.1 Å². The predicted octanol–water partition coefficient (Wildman–Crippen LogP) is 5.07. The average molecular weight is 345 g/mol. The fourth-order valence-corrected chi connectivity index (χ4v) is 2.61. The number of nitrogens with one attached hydrogen (secondary N) is 1. The summed E-state index contributed by atoms with van der Waals surface area (Å²) < 4.78 is 6.76. The van der Waals surface area contributed by atoms with Crippen molar-refractivity contribution in [3.63, 3.8) is 0 Å². The summed E-state index contributed by atoms with van der Waals surface area (Å²) in [6.45, 7) is 4.91. The molecule has 0 saturated carbocycles. The van der Waals surface area contributed by atoms with E-state index in [2.05, 4.69) is 51.4 Å². The van der Waals surface area contributed by atoms with Crippen LogP contribution in [0, 0.1) is 6.92 Å². The quantitative estimate of drug-likeness (QED) is 0.717. The van der Waals surface area contributed by atoms with E-state index < -0.39 is 0 Å². The van der Waals surface area contributed by atoms with Crippen LogP contribution < -0.4 is 5.32 Å². The summed E-state index contributed by atoms with van der Waals surface area (Å²) in [5, 5.41) is 3.42. The Labute approximate surface area is 132 Å². The number of benzene rings is 2. The van der Waals surface area contributed by atoms with Crippen LogP contribution in [0.1, 0.15) is 23.9 Å². The highest BCUT2D eigenvalue weighted by molar-refractivity contribution is 9.10. The third kappa shape index (κ3) is 3.10. The van der Waals surface area contributed by atoms with Crippen molar-refractivity contribution in [1.82, 2.24) is 4.98 Å². The Morgan fingerprint density at radius 3 is 2.81 bits per heavy atom. The number of nitrogens with zero attached hydrogens (tertiary/aromatic N) is 1. The lowest BCUT2D eigenvalue weighted by Gasteiger charge is -2.07. The van der Waals surface area contributed by atoms with Crippen LogP contribution in [0.5, 0.6) is 0 Å². The van der Waals surface area contributed by atoms with Crippen LogP contribution in [0.2, 0.25) is 0 Å². The van der Waals surface area contributed by atoms with Crippen molar-refractivity contribution in [2.75, 3.05) is 5.32 Å². The molecule has 0 bridgehead atoms. The highest BCUT2D eigenvalue weighted by Gasteiger charge is 2.05. The molecular weight excluding hydrogens is 328 g/mol. The fraction of sp³-hybridized carbons (Fsp3) is 0.235. The maximum atomic E-state index is 5.62. The summed E-state index contributed by atoms with van der Waals surface area (Å²) >= 11 is 3.57. The number of hydrogen-bond donors (Lipinski definition) is 1. The molecule has 0 aliphatic heterocycles. The van der Waals surface area contributed by atoms with Crippen molar-refractivity contribution in [3.8, 4) is 0 Å². The third-order valence-electron chi connectivity index (χ3n) is 3.47. The Balaban J connectivity index is 1.76. The zero-order chi connectivity index (χ0) is 14.8. The number of anilines is 1. The summed E-state index contributed by atoms with van der Waals surface area (Å²) in [6.07, 6.45) is 0.814. The van der Waals surface area contributed by atoms with Gasteiger partial charge in [-0.3, -0.25) is 0 Å². The van der Waals surface area contributed by atoms with Crippen molar-refractivity contribution < 1.29 is 4.42 Å². The van der Waals surface area contributed by atoms with Crippen molar-refractivity contribution in [3.05, 3.63) is 57.9 Å². The minimum atomic E-state index is 0.781. The van der Waals surface area contributed by atoms with Crippen LogP contribution in [-0.2, 0) is 13.0 Å². The van der Waals surface area contributed by atoms with Crippen LogP contribution >= 0.6 is 15.9 Å². The van der Waals surface area contributed by atoms with Gasteiger partial charge in [0.2, 0.25) is 0 Å². The van der Waals surface area contributed by atoms with Gasteiger partial charge in [-0.2, -0.15) is 0 Å². The van der Waals surface area contributed by atoms with Gasteiger partial charge in [-0.05, 0) is 42.3 Å². The highest BCUT2D eigenvalue weighted by Crippen LogP contribution is 2.22. The normalized spacial score (nSPS) is 11.0. The molecule has 1 heterocycles. The molecule has 0 radical (unpaired) electrons. The first-order valence-electron chi connectivity index (χ1n) is 7.04. The molecule has 1 N–H and O–H groups in total. The third-order valence-corrected chi connectivity index (χ3v) is 4.32. The van der Waals surface area contributed by atoms with Gasteiger partial charge < -0.3 is 9.73 Å². The van der Waals surface area contributed by atoms with Gasteiger partial charge in [-0.1, -0.05) is 35.0 Å². The van der Waals surface area contributed by atoms with Crippen molar-refractivity contribution in [1.29, 1.82) is 0 Å². The molecule has 0 aliphatic carbocycles. The van der Waals surface area contributed by atoms with E-state index in [0.717, 1.165) is 40.1 Å². The van der Waals surface area contributed by atoms with Gasteiger partial charge in [-0.25, -0.2) is 4.98 Å². The minimum absolute atomic E-state index is 0.781. The average Bonchev–Trinajstić information content (AvgIpc) is 2.90. The van der Waals surface area contributed by atoms with Crippen molar-refractivity contribution in [2.24, 2.45) is 0 Å². The number of oxazole rings is 1. The van der Waals surface area contributed by atoms with Gasteiger partial charge in [0, 0.05) is 23.1 Å². The van der Waals surface area contributed by atoms with Crippen LogP contribution in [0.3, 0.4) is 0 Å². The number of halogens is 1. The molecule has 108 valence electrons. The highest BCUT2D eigenvalue weighted by atomic mass is 79.9. The van der Waals surface area contributed by atoms with Crippen molar-refractivity contribution >= 4 is 32.7 Å². The molecule has 0 fully saturated rings. The maximum Gasteiger partial charge on any atom is 0.195 e. The molecule has 3 aromatic rings. The van der Waals surface area contributed by atoms with E-state index >= 15 is 0 Å². The molecule has 3 nitrogen and oxygen atoms in total. The summed E-state index contributed by atoms with van der Waals surface area (Å²) in [5.41, 5.74) is 5.28. The number of rotatable bonds is 4. The lowest BCUT2D eigenvalue weighted by Crippen LogP contribution is -1.99. The number of aromatic nitrogens is 1. The van der Waals surface area contributed by atoms with Gasteiger partial charge in [0.05, 0.1) is 0 Å². The summed E-state index contributed by atoms with van der Waals surface area (Å²) in [5.74, 6) is 0.782. The van der Waals surface area contributed by atoms with Crippen LogP contribution in [0.15, 0.2) is 45.3 Å². The van der Waals surface area contributed by atoms with Gasteiger partial charge in [0.25, 0.3) is 0 Å². The lowest BCUT2D eigenvalue weighted by molar-refractivity contribution is 0.538. The molecule has 2 aromatic carbocycles. The zero-order valence-electron chi connectivity index (χ0n) is 12.1. The number of fused-ring (bicyclic) bond motifs is 1. The molecule has 0 spiro atoms. The van der Waals surface area contributed by atoms with Crippen LogP contribution in [0.4, 0.5) is 5.69 Å². The Hall–Kier alpha value is -1.81. The summed E-state index contributed by atoms with van der Waals surface area (Å²) in [6, 6.07) is 12.4. The molecule has 0 unspecified atom stereocenters. The second-order valence-electron chi connectivity index (χ2n) is 5.08. The molecule has 3 rings (SSSR count). The number of aryl methyl sites for hydroxylation is 2. The van der Waals surface area contributed by atoms with Crippen LogP contribution in [-0.4, -0.2) is 4.98 Å².